The Morgan fingerprint density at radius 1 is 1.22 bits per heavy atom. The van der Waals surface area contributed by atoms with Crippen LogP contribution in [0.1, 0.15) is 17.3 Å². The molecule has 0 aliphatic carbocycles. The predicted octanol–water partition coefficient (Wildman–Crippen LogP) is 3.25. The van der Waals surface area contributed by atoms with Crippen molar-refractivity contribution in [3.8, 4) is 11.3 Å². The Kier molecular flexibility index (Phi) is 4.78. The summed E-state index contributed by atoms with van der Waals surface area (Å²) in [5.41, 5.74) is 1.30. The van der Waals surface area contributed by atoms with E-state index in [1.165, 1.54) is 17.0 Å². The van der Waals surface area contributed by atoms with Crippen molar-refractivity contribution in [1.82, 2.24) is 19.7 Å². The fraction of sp³-hybridized carbons (Fsp3) is 0.250. The molecule has 164 valence electrons. The molecule has 2 aliphatic heterocycles. The minimum Gasteiger partial charge on any atom is -0.377 e. The van der Waals surface area contributed by atoms with Crippen molar-refractivity contribution < 1.29 is 23.2 Å². The number of fused-ring (bicyclic) bond motifs is 1. The summed E-state index contributed by atoms with van der Waals surface area (Å²) >= 11 is 0. The summed E-state index contributed by atoms with van der Waals surface area (Å²) in [6.07, 6.45) is 1.69. The second kappa shape index (κ2) is 7.64. The van der Waals surface area contributed by atoms with Gasteiger partial charge in [0.2, 0.25) is 5.82 Å². The summed E-state index contributed by atoms with van der Waals surface area (Å²) in [6.45, 7) is 1.68. The van der Waals surface area contributed by atoms with Crippen molar-refractivity contribution in [2.75, 3.05) is 18.5 Å². The molecule has 4 heterocycles. The Labute approximate surface area is 179 Å². The molecule has 0 atom stereocenters. The highest BCUT2D eigenvalue weighted by atomic mass is 19.1. The second-order valence-corrected chi connectivity index (χ2v) is 7.48. The van der Waals surface area contributed by atoms with Crippen LogP contribution in [0.5, 0.6) is 0 Å². The molecule has 1 aromatic carbocycles. The minimum atomic E-state index is -0.872. The van der Waals surface area contributed by atoms with E-state index in [9.17, 15) is 23.7 Å². The number of pyridine rings is 1. The number of nitrogens with zero attached hydrogens (tertiary/aromatic N) is 5. The number of halogens is 2. The lowest BCUT2D eigenvalue weighted by Crippen LogP contribution is -2.34. The average Bonchev–Trinajstić information content (AvgIpc) is 3.29. The van der Waals surface area contributed by atoms with Crippen LogP contribution in [-0.2, 0) is 17.8 Å². The van der Waals surface area contributed by atoms with Gasteiger partial charge < -0.3 is 9.64 Å². The highest BCUT2D eigenvalue weighted by molar-refractivity contribution is 5.91. The molecule has 2 aromatic heterocycles. The number of benzene rings is 1. The molecular formula is C20H16F2N6O4. The Morgan fingerprint density at radius 2 is 2.03 bits per heavy atom. The van der Waals surface area contributed by atoms with Crippen molar-refractivity contribution >= 4 is 17.5 Å². The van der Waals surface area contributed by atoms with Gasteiger partial charge in [-0.15, -0.1) is 0 Å². The molecular weight excluding hydrogens is 426 g/mol. The summed E-state index contributed by atoms with van der Waals surface area (Å²) in [7, 11) is 0. The maximum atomic E-state index is 14.2. The zero-order chi connectivity index (χ0) is 22.4. The Bertz CT molecular complexity index is 1240. The van der Waals surface area contributed by atoms with Gasteiger partial charge in [0.25, 0.3) is 0 Å². The maximum absolute atomic E-state index is 14.2. The number of carbonyl (C=O) groups excluding carboxylic acids is 1. The number of nitrogens with one attached hydrogen (secondary N) is 1. The number of carbonyl (C=O) groups is 1. The summed E-state index contributed by atoms with van der Waals surface area (Å²) in [5.74, 6) is -1.96. The molecule has 0 saturated carbocycles. The molecule has 0 radical (unpaired) electrons. The van der Waals surface area contributed by atoms with E-state index in [0.29, 0.717) is 19.3 Å². The lowest BCUT2D eigenvalue weighted by molar-refractivity contribution is -0.384. The minimum absolute atomic E-state index is 0.0220. The standard InChI is InChI=1S/C20H16F2N6O4/c21-12-1-2-14(15(22)5-12)16-3-4-17(28(30)31)19(24-16)25-20(29)26-7-11-6-23-27(18(11)8-26)13-9-32-10-13/h1-6,13H,7-10H2,(H,24,25,29). The summed E-state index contributed by atoms with van der Waals surface area (Å²) in [5, 5.41) is 18.2. The normalized spacial score (nSPS) is 15.4. The van der Waals surface area contributed by atoms with Gasteiger partial charge >= 0.3 is 11.7 Å². The zero-order valence-electron chi connectivity index (χ0n) is 16.5. The number of aromatic nitrogens is 3. The van der Waals surface area contributed by atoms with Crippen LogP contribution in [0.4, 0.5) is 25.1 Å². The highest BCUT2D eigenvalue weighted by Crippen LogP contribution is 2.31. The Hall–Kier alpha value is -3.93. The van der Waals surface area contributed by atoms with Gasteiger partial charge in [-0.05, 0) is 18.2 Å². The molecule has 1 N–H and O–H groups in total. The predicted molar refractivity (Wildman–Crippen MR) is 107 cm³/mol. The van der Waals surface area contributed by atoms with Gasteiger partial charge in [-0.2, -0.15) is 5.10 Å². The number of nitro groups is 1. The number of anilines is 1. The lowest BCUT2D eigenvalue weighted by Gasteiger charge is -2.27. The molecule has 5 rings (SSSR count). The molecule has 2 amide bonds. The fourth-order valence-electron chi connectivity index (χ4n) is 3.71. The monoisotopic (exact) mass is 442 g/mol. The number of hydrogen-bond donors (Lipinski definition) is 1. The fourth-order valence-corrected chi connectivity index (χ4v) is 3.71. The maximum Gasteiger partial charge on any atom is 0.323 e. The first-order valence-corrected chi connectivity index (χ1v) is 9.70. The van der Waals surface area contributed by atoms with E-state index in [0.717, 1.165) is 23.4 Å². The quantitative estimate of drug-likeness (QED) is 0.490. The van der Waals surface area contributed by atoms with Gasteiger partial charge in [-0.1, -0.05) is 0 Å². The number of ether oxygens (including phenoxy) is 1. The number of urea groups is 1. The van der Waals surface area contributed by atoms with Crippen molar-refractivity contribution in [3.63, 3.8) is 0 Å². The van der Waals surface area contributed by atoms with Gasteiger partial charge in [-0.25, -0.2) is 18.6 Å². The summed E-state index contributed by atoms with van der Waals surface area (Å²) in [6, 6.07) is 4.82. The van der Waals surface area contributed by atoms with Crippen LogP contribution in [0.3, 0.4) is 0 Å². The van der Waals surface area contributed by atoms with Gasteiger partial charge in [0.1, 0.15) is 11.6 Å². The van der Waals surface area contributed by atoms with E-state index >= 15 is 0 Å². The Balaban J connectivity index is 1.39. The van der Waals surface area contributed by atoms with E-state index < -0.39 is 28.3 Å². The van der Waals surface area contributed by atoms with E-state index in [1.54, 1.807) is 6.20 Å². The molecule has 32 heavy (non-hydrogen) atoms. The average molecular weight is 442 g/mol. The van der Waals surface area contributed by atoms with Crippen molar-refractivity contribution in [2.24, 2.45) is 0 Å². The first-order chi connectivity index (χ1) is 15.4. The third-order valence-corrected chi connectivity index (χ3v) is 5.44. The first kappa shape index (κ1) is 20.0. The molecule has 3 aromatic rings. The van der Waals surface area contributed by atoms with Crippen molar-refractivity contribution in [1.29, 1.82) is 0 Å². The lowest BCUT2D eigenvalue weighted by atomic mass is 10.1. The SMILES string of the molecule is O=C(Nc1nc(-c2ccc(F)cc2F)ccc1[N+](=O)[O-])N1Cc2cnn(C3COC3)c2C1. The number of amides is 2. The molecule has 0 spiro atoms. The summed E-state index contributed by atoms with van der Waals surface area (Å²) < 4.78 is 34.4. The van der Waals surface area contributed by atoms with Crippen LogP contribution in [0, 0.1) is 21.7 Å². The highest BCUT2D eigenvalue weighted by Gasteiger charge is 2.32. The van der Waals surface area contributed by atoms with Gasteiger partial charge in [0.05, 0.1) is 54.9 Å². The van der Waals surface area contributed by atoms with E-state index in [4.69, 9.17) is 4.74 Å². The van der Waals surface area contributed by atoms with Gasteiger partial charge in [0, 0.05) is 23.3 Å². The second-order valence-electron chi connectivity index (χ2n) is 7.48. The van der Waals surface area contributed by atoms with Crippen LogP contribution in [0.2, 0.25) is 0 Å². The molecule has 0 bridgehead atoms. The number of hydrogen-bond acceptors (Lipinski definition) is 6. The van der Waals surface area contributed by atoms with Crippen molar-refractivity contribution in [3.05, 3.63) is 69.5 Å². The molecule has 12 heteroatoms. The molecule has 1 fully saturated rings. The van der Waals surface area contributed by atoms with Crippen LogP contribution in [0.15, 0.2) is 36.5 Å². The molecule has 0 unspecified atom stereocenters. The molecule has 1 saturated heterocycles. The van der Waals surface area contributed by atoms with Crippen molar-refractivity contribution in [2.45, 2.75) is 19.1 Å². The van der Waals surface area contributed by atoms with E-state index in [1.807, 2.05) is 4.68 Å². The molecule has 2 aliphatic rings. The smallest absolute Gasteiger partial charge is 0.323 e. The van der Waals surface area contributed by atoms with Crippen LogP contribution in [-0.4, -0.2) is 43.8 Å². The van der Waals surface area contributed by atoms with Gasteiger partial charge in [-0.3, -0.25) is 20.1 Å². The van der Waals surface area contributed by atoms with Crippen LogP contribution < -0.4 is 5.32 Å². The van der Waals surface area contributed by atoms with Crippen LogP contribution >= 0.6 is 0 Å². The first-order valence-electron chi connectivity index (χ1n) is 9.70. The number of rotatable bonds is 4. The third-order valence-electron chi connectivity index (χ3n) is 5.44. The van der Waals surface area contributed by atoms with E-state index in [2.05, 4.69) is 15.4 Å². The molecule has 10 nitrogen and oxygen atoms in total. The third kappa shape index (κ3) is 3.43. The largest absolute Gasteiger partial charge is 0.377 e. The van der Waals surface area contributed by atoms with Gasteiger partial charge in [0.15, 0.2) is 0 Å². The van der Waals surface area contributed by atoms with Crippen LogP contribution in [0.25, 0.3) is 11.3 Å². The topological polar surface area (TPSA) is 115 Å². The summed E-state index contributed by atoms with van der Waals surface area (Å²) in [4.78, 5) is 29.1. The van der Waals surface area contributed by atoms with E-state index in [-0.39, 0.29) is 36.2 Å². The zero-order valence-corrected chi connectivity index (χ0v) is 16.5. The Morgan fingerprint density at radius 3 is 2.72 bits per heavy atom.